The molecule has 0 spiro atoms. The number of carbonyl (C=O) groups excluding carboxylic acids is 4. The predicted octanol–water partition coefficient (Wildman–Crippen LogP) is 6.32. The molecule has 13 nitrogen and oxygen atoms in total. The molecule has 0 radical (unpaired) electrons. The fraction of sp³-hybridized carbons (Fsp3) is 0.457. The Labute approximate surface area is 357 Å². The van der Waals surface area contributed by atoms with Gasteiger partial charge in [-0.15, -0.1) is 0 Å². The molecule has 0 bridgehead atoms. The van der Waals surface area contributed by atoms with E-state index in [9.17, 15) is 29.1 Å². The van der Waals surface area contributed by atoms with E-state index in [-0.39, 0.29) is 31.3 Å². The number of carbonyl (C=O) groups is 5. The van der Waals surface area contributed by atoms with Crippen molar-refractivity contribution in [1.82, 2.24) is 24.6 Å². The van der Waals surface area contributed by atoms with Crippen molar-refractivity contribution < 1.29 is 38.6 Å². The van der Waals surface area contributed by atoms with Gasteiger partial charge in [-0.05, 0) is 106 Å². The van der Waals surface area contributed by atoms with Gasteiger partial charge in [0, 0.05) is 73.0 Å². The topological polar surface area (TPSA) is 151 Å². The number of fused-ring (bicyclic) bond motifs is 1. The number of nitrogens with one attached hydrogen (secondary N) is 1. The third-order valence-electron chi connectivity index (χ3n) is 11.1. The van der Waals surface area contributed by atoms with Gasteiger partial charge in [-0.25, -0.2) is 0 Å². The van der Waals surface area contributed by atoms with Gasteiger partial charge >= 0.3 is 11.9 Å². The normalized spacial score (nSPS) is 14.3. The Morgan fingerprint density at radius 3 is 2.13 bits per heavy atom. The number of amides is 2. The van der Waals surface area contributed by atoms with Gasteiger partial charge in [-0.2, -0.15) is 0 Å². The molecule has 1 saturated heterocycles. The molecule has 4 aromatic rings. The van der Waals surface area contributed by atoms with Crippen LogP contribution in [0.25, 0.3) is 10.9 Å². The number of nitrogens with zero attached hydrogens (tertiary/aromatic N) is 4. The monoisotopic (exact) mass is 843 g/mol. The average molecular weight is 844 g/mol. The SMILES string of the molecule is CCCN(CCC)C(=O)C(CC(CCCN1CCN(CCOC(=O)Cc2c(C)n(C(=O)c3ccc(Cl)cc3)c3ccc(OC)cc23)CC1)C(=O)O)NC(=O)c1ccccc1. The molecular weight excluding hydrogens is 786 g/mol. The van der Waals surface area contributed by atoms with E-state index in [0.717, 1.165) is 44.4 Å². The maximum Gasteiger partial charge on any atom is 0.310 e. The molecule has 0 saturated carbocycles. The van der Waals surface area contributed by atoms with Crippen molar-refractivity contribution in [3.63, 3.8) is 0 Å². The van der Waals surface area contributed by atoms with Gasteiger partial charge in [0.2, 0.25) is 5.91 Å². The van der Waals surface area contributed by atoms with Crippen LogP contribution in [0.3, 0.4) is 0 Å². The van der Waals surface area contributed by atoms with Gasteiger partial charge in [0.05, 0.1) is 25.0 Å². The molecule has 2 unspecified atom stereocenters. The van der Waals surface area contributed by atoms with E-state index in [1.54, 1.807) is 77.2 Å². The fourth-order valence-electron chi connectivity index (χ4n) is 7.85. The Morgan fingerprint density at radius 1 is 0.867 bits per heavy atom. The van der Waals surface area contributed by atoms with Crippen LogP contribution in [0.5, 0.6) is 5.75 Å². The molecule has 60 heavy (non-hydrogen) atoms. The Balaban J connectivity index is 1.10. The second kappa shape index (κ2) is 22.4. The third kappa shape index (κ3) is 12.2. The molecule has 3 aromatic carbocycles. The van der Waals surface area contributed by atoms with Crippen LogP contribution in [0, 0.1) is 12.8 Å². The van der Waals surface area contributed by atoms with Crippen LogP contribution in [0.1, 0.15) is 77.9 Å². The van der Waals surface area contributed by atoms with Crippen molar-refractivity contribution in [3.8, 4) is 5.75 Å². The maximum absolute atomic E-state index is 13.7. The zero-order valence-corrected chi connectivity index (χ0v) is 35.9. The lowest BCUT2D eigenvalue weighted by atomic mass is 9.93. The van der Waals surface area contributed by atoms with Crippen molar-refractivity contribution in [2.45, 2.75) is 65.3 Å². The van der Waals surface area contributed by atoms with Crippen LogP contribution in [-0.4, -0.2) is 126 Å². The number of carboxylic acids is 1. The number of aliphatic carboxylic acids is 1. The van der Waals surface area contributed by atoms with E-state index in [1.807, 2.05) is 32.9 Å². The number of aromatic nitrogens is 1. The molecule has 14 heteroatoms. The minimum atomic E-state index is -0.981. The highest BCUT2D eigenvalue weighted by molar-refractivity contribution is 6.30. The zero-order chi connectivity index (χ0) is 43.2. The van der Waals surface area contributed by atoms with E-state index in [4.69, 9.17) is 21.1 Å². The minimum absolute atomic E-state index is 0.00838. The van der Waals surface area contributed by atoms with Gasteiger partial charge in [0.15, 0.2) is 0 Å². The molecule has 5 rings (SSSR count). The quantitative estimate of drug-likeness (QED) is 0.0913. The van der Waals surface area contributed by atoms with Crippen LogP contribution in [0.4, 0.5) is 0 Å². The highest BCUT2D eigenvalue weighted by Crippen LogP contribution is 2.31. The number of hydrogen-bond donors (Lipinski definition) is 2. The summed E-state index contributed by atoms with van der Waals surface area (Å²) < 4.78 is 12.8. The van der Waals surface area contributed by atoms with Crippen molar-refractivity contribution in [3.05, 3.63) is 100 Å². The molecule has 322 valence electrons. The van der Waals surface area contributed by atoms with E-state index in [1.165, 1.54) is 0 Å². The summed E-state index contributed by atoms with van der Waals surface area (Å²) in [6.45, 7) is 11.5. The molecule has 1 fully saturated rings. The summed E-state index contributed by atoms with van der Waals surface area (Å²) in [4.78, 5) is 72.4. The molecule has 2 heterocycles. The van der Waals surface area contributed by atoms with Crippen molar-refractivity contribution in [1.29, 1.82) is 0 Å². The second-order valence-corrected chi connectivity index (χ2v) is 15.7. The number of carboxylic acid groups (broad SMARTS) is 1. The Bertz CT molecular complexity index is 2080. The predicted molar refractivity (Wildman–Crippen MR) is 232 cm³/mol. The largest absolute Gasteiger partial charge is 0.497 e. The smallest absolute Gasteiger partial charge is 0.310 e. The van der Waals surface area contributed by atoms with Crippen LogP contribution in [0.15, 0.2) is 72.8 Å². The summed E-state index contributed by atoms with van der Waals surface area (Å²) in [5.74, 6) is -2.44. The van der Waals surface area contributed by atoms with Gasteiger partial charge in [0.25, 0.3) is 11.8 Å². The second-order valence-electron chi connectivity index (χ2n) is 15.3. The summed E-state index contributed by atoms with van der Waals surface area (Å²) in [5.41, 5.74) is 2.90. The van der Waals surface area contributed by atoms with E-state index >= 15 is 0 Å². The fourth-order valence-corrected chi connectivity index (χ4v) is 7.98. The Morgan fingerprint density at radius 2 is 1.52 bits per heavy atom. The van der Waals surface area contributed by atoms with Crippen molar-refractivity contribution >= 4 is 52.2 Å². The first-order valence-corrected chi connectivity index (χ1v) is 21.3. The van der Waals surface area contributed by atoms with Crippen LogP contribution < -0.4 is 10.1 Å². The number of esters is 1. The number of piperazine rings is 1. The lowest BCUT2D eigenvalue weighted by Gasteiger charge is -2.34. The number of rotatable bonds is 21. The summed E-state index contributed by atoms with van der Waals surface area (Å²) >= 11 is 6.06. The summed E-state index contributed by atoms with van der Waals surface area (Å²) in [5, 5.41) is 14.3. The van der Waals surface area contributed by atoms with Gasteiger partial charge < -0.3 is 29.7 Å². The molecule has 1 aliphatic rings. The van der Waals surface area contributed by atoms with Crippen LogP contribution >= 0.6 is 11.6 Å². The lowest BCUT2D eigenvalue weighted by molar-refractivity contribution is -0.144. The van der Waals surface area contributed by atoms with Crippen LogP contribution in [-0.2, 0) is 25.5 Å². The van der Waals surface area contributed by atoms with Gasteiger partial charge in [0.1, 0.15) is 18.4 Å². The molecule has 2 N–H and O–H groups in total. The highest BCUT2D eigenvalue weighted by atomic mass is 35.5. The Kier molecular flexibility index (Phi) is 17.1. The first-order valence-electron chi connectivity index (χ1n) is 20.9. The molecule has 1 aliphatic heterocycles. The standard InChI is InChI=1S/C46H58ClN5O8/c1-5-20-51(21-6-2)45(56)40(48-43(54)33-11-8-7-9-12-33)29-35(46(57)58)13-10-22-49-23-25-50(26-24-49)27-28-60-42(53)31-38-32(3)52(41-19-18-37(59-4)30-39(38)41)44(55)34-14-16-36(47)17-15-34/h7-9,11-12,14-19,30,35,40H,5-6,10,13,20-29,31H2,1-4H3,(H,48,54)(H,57,58). The number of methoxy groups -OCH3 is 1. The first kappa shape index (κ1) is 45.8. The van der Waals surface area contributed by atoms with E-state index in [0.29, 0.717) is 77.7 Å². The average Bonchev–Trinajstić information content (AvgIpc) is 3.52. The van der Waals surface area contributed by atoms with Crippen molar-refractivity contribution in [2.24, 2.45) is 5.92 Å². The van der Waals surface area contributed by atoms with Gasteiger partial charge in [-0.1, -0.05) is 43.6 Å². The number of benzene rings is 3. The first-order chi connectivity index (χ1) is 28.9. The maximum atomic E-state index is 13.7. The van der Waals surface area contributed by atoms with E-state index < -0.39 is 29.8 Å². The number of hydrogen-bond acceptors (Lipinski definition) is 9. The number of ether oxygens (including phenoxy) is 2. The minimum Gasteiger partial charge on any atom is -0.497 e. The van der Waals surface area contributed by atoms with E-state index in [2.05, 4.69) is 15.1 Å². The Hall–Kier alpha value is -5.24. The third-order valence-corrected chi connectivity index (χ3v) is 11.4. The molecular formula is C46H58ClN5O8. The molecule has 2 amide bonds. The molecule has 2 atom stereocenters. The highest BCUT2D eigenvalue weighted by Gasteiger charge is 2.32. The zero-order valence-electron chi connectivity index (χ0n) is 35.2. The molecule has 0 aliphatic carbocycles. The lowest BCUT2D eigenvalue weighted by Crippen LogP contribution is -2.50. The summed E-state index contributed by atoms with van der Waals surface area (Å²) in [6.07, 6.45) is 2.52. The van der Waals surface area contributed by atoms with Gasteiger partial charge in [-0.3, -0.25) is 33.4 Å². The van der Waals surface area contributed by atoms with Crippen molar-refractivity contribution in [2.75, 3.05) is 66.1 Å². The van der Waals surface area contributed by atoms with Crippen LogP contribution in [0.2, 0.25) is 5.02 Å². The molecule has 1 aromatic heterocycles. The number of halogens is 1. The summed E-state index contributed by atoms with van der Waals surface area (Å²) in [6, 6.07) is 19.8. The summed E-state index contributed by atoms with van der Waals surface area (Å²) in [7, 11) is 1.57.